The molecule has 0 aliphatic carbocycles. The standard InChI is InChI=1S/C16H14ClNO2/c17-14-10-18-7-5-13(14)15(19)9-16-12-4-2-1-3-11(12)6-8-20-16/h1-5,7,10,16H,6,8-9H2. The van der Waals surface area contributed by atoms with Crippen LogP contribution in [0, 0.1) is 0 Å². The highest BCUT2D eigenvalue weighted by molar-refractivity contribution is 6.33. The Labute approximate surface area is 122 Å². The van der Waals surface area contributed by atoms with Gasteiger partial charge in [0.2, 0.25) is 0 Å². The summed E-state index contributed by atoms with van der Waals surface area (Å²) in [7, 11) is 0. The fourth-order valence-corrected chi connectivity index (χ4v) is 2.75. The van der Waals surface area contributed by atoms with Crippen LogP contribution in [0.15, 0.2) is 42.7 Å². The Hall–Kier alpha value is -1.71. The Morgan fingerprint density at radius 3 is 3.05 bits per heavy atom. The number of nitrogens with zero attached hydrogens (tertiary/aromatic N) is 1. The van der Waals surface area contributed by atoms with Crippen LogP contribution in [0.5, 0.6) is 0 Å². The molecular weight excluding hydrogens is 274 g/mol. The van der Waals surface area contributed by atoms with E-state index in [2.05, 4.69) is 11.1 Å². The van der Waals surface area contributed by atoms with Crippen LogP contribution < -0.4 is 0 Å². The van der Waals surface area contributed by atoms with Gasteiger partial charge in [-0.15, -0.1) is 0 Å². The molecule has 0 fully saturated rings. The number of rotatable bonds is 3. The predicted octanol–water partition coefficient (Wildman–Crippen LogP) is 3.62. The summed E-state index contributed by atoms with van der Waals surface area (Å²) < 4.78 is 5.76. The van der Waals surface area contributed by atoms with Crippen molar-refractivity contribution in [1.82, 2.24) is 4.98 Å². The molecule has 1 aliphatic heterocycles. The second kappa shape index (κ2) is 5.73. The average molecular weight is 288 g/mol. The molecule has 1 aliphatic rings. The van der Waals surface area contributed by atoms with E-state index in [0.29, 0.717) is 23.6 Å². The third-order valence-corrected chi connectivity index (χ3v) is 3.84. The van der Waals surface area contributed by atoms with Gasteiger partial charge in [0.25, 0.3) is 0 Å². The number of hydrogen-bond acceptors (Lipinski definition) is 3. The quantitative estimate of drug-likeness (QED) is 0.809. The molecule has 3 rings (SSSR count). The lowest BCUT2D eigenvalue weighted by Crippen LogP contribution is -2.19. The number of benzene rings is 1. The lowest BCUT2D eigenvalue weighted by Gasteiger charge is -2.25. The lowest BCUT2D eigenvalue weighted by molar-refractivity contribution is 0.0352. The Kier molecular flexibility index (Phi) is 3.81. The summed E-state index contributed by atoms with van der Waals surface area (Å²) in [5, 5.41) is 0.390. The molecule has 0 radical (unpaired) electrons. The number of ether oxygens (including phenoxy) is 1. The number of Topliss-reactive ketones (excluding diaryl/α,β-unsaturated/α-hetero) is 1. The van der Waals surface area contributed by atoms with Crippen LogP contribution in [0.4, 0.5) is 0 Å². The van der Waals surface area contributed by atoms with E-state index in [4.69, 9.17) is 16.3 Å². The summed E-state index contributed by atoms with van der Waals surface area (Å²) >= 11 is 6.01. The zero-order chi connectivity index (χ0) is 13.9. The molecule has 0 spiro atoms. The van der Waals surface area contributed by atoms with Crippen LogP contribution in [-0.4, -0.2) is 17.4 Å². The number of carbonyl (C=O) groups is 1. The molecule has 1 unspecified atom stereocenters. The molecule has 0 bridgehead atoms. The van der Waals surface area contributed by atoms with Gasteiger partial charge in [0, 0.05) is 24.4 Å². The number of hydrogen-bond donors (Lipinski definition) is 0. The van der Waals surface area contributed by atoms with Gasteiger partial charge in [0.15, 0.2) is 5.78 Å². The molecule has 4 heteroatoms. The summed E-state index contributed by atoms with van der Waals surface area (Å²) in [6, 6.07) is 9.77. The van der Waals surface area contributed by atoms with Gasteiger partial charge < -0.3 is 4.74 Å². The SMILES string of the molecule is O=C(CC1OCCc2ccccc21)c1ccncc1Cl. The second-order valence-corrected chi connectivity index (χ2v) is 5.20. The highest BCUT2D eigenvalue weighted by Crippen LogP contribution is 2.31. The second-order valence-electron chi connectivity index (χ2n) is 4.79. The van der Waals surface area contributed by atoms with Crippen molar-refractivity contribution in [3.8, 4) is 0 Å². The number of pyridine rings is 1. The van der Waals surface area contributed by atoms with Crippen molar-refractivity contribution in [2.24, 2.45) is 0 Å². The van der Waals surface area contributed by atoms with E-state index in [-0.39, 0.29) is 11.9 Å². The number of carbonyl (C=O) groups excluding carboxylic acids is 1. The number of fused-ring (bicyclic) bond motifs is 1. The lowest BCUT2D eigenvalue weighted by atomic mass is 9.93. The van der Waals surface area contributed by atoms with Crippen molar-refractivity contribution >= 4 is 17.4 Å². The van der Waals surface area contributed by atoms with Crippen molar-refractivity contribution in [2.75, 3.05) is 6.61 Å². The Morgan fingerprint density at radius 2 is 2.20 bits per heavy atom. The highest BCUT2D eigenvalue weighted by atomic mass is 35.5. The molecule has 20 heavy (non-hydrogen) atoms. The zero-order valence-electron chi connectivity index (χ0n) is 10.9. The van der Waals surface area contributed by atoms with E-state index in [1.165, 1.54) is 11.8 Å². The minimum atomic E-state index is -0.184. The van der Waals surface area contributed by atoms with Gasteiger partial charge >= 0.3 is 0 Å². The molecule has 1 atom stereocenters. The molecule has 1 aromatic heterocycles. The predicted molar refractivity (Wildman–Crippen MR) is 77.0 cm³/mol. The maximum absolute atomic E-state index is 12.4. The third kappa shape index (κ3) is 2.60. The van der Waals surface area contributed by atoms with Crippen LogP contribution in [0.2, 0.25) is 5.02 Å². The van der Waals surface area contributed by atoms with Crippen LogP contribution >= 0.6 is 11.6 Å². The molecule has 3 nitrogen and oxygen atoms in total. The van der Waals surface area contributed by atoms with E-state index in [1.807, 2.05) is 18.2 Å². The monoisotopic (exact) mass is 287 g/mol. The van der Waals surface area contributed by atoms with E-state index >= 15 is 0 Å². The molecular formula is C16H14ClNO2. The normalized spacial score (nSPS) is 17.6. The first-order valence-electron chi connectivity index (χ1n) is 6.58. The van der Waals surface area contributed by atoms with Gasteiger partial charge in [-0.1, -0.05) is 35.9 Å². The first-order valence-corrected chi connectivity index (χ1v) is 6.95. The van der Waals surface area contributed by atoms with Crippen molar-refractivity contribution in [3.05, 3.63) is 64.4 Å². The van der Waals surface area contributed by atoms with Crippen LogP contribution in [0.1, 0.15) is 34.0 Å². The van der Waals surface area contributed by atoms with Crippen molar-refractivity contribution < 1.29 is 9.53 Å². The summed E-state index contributed by atoms with van der Waals surface area (Å²) in [6.07, 6.45) is 4.09. The number of halogens is 1. The molecule has 102 valence electrons. The van der Waals surface area contributed by atoms with Crippen molar-refractivity contribution in [2.45, 2.75) is 18.9 Å². The first kappa shape index (κ1) is 13.3. The molecule has 0 amide bonds. The minimum Gasteiger partial charge on any atom is -0.373 e. The maximum Gasteiger partial charge on any atom is 0.167 e. The fraction of sp³-hybridized carbons (Fsp3) is 0.250. The minimum absolute atomic E-state index is 0.0147. The highest BCUT2D eigenvalue weighted by Gasteiger charge is 2.24. The molecule has 2 aromatic rings. The van der Waals surface area contributed by atoms with Gasteiger partial charge in [-0.25, -0.2) is 0 Å². The number of aromatic nitrogens is 1. The Bertz CT molecular complexity index is 642. The average Bonchev–Trinajstić information content (AvgIpc) is 2.48. The van der Waals surface area contributed by atoms with Crippen molar-refractivity contribution in [3.63, 3.8) is 0 Å². The summed E-state index contributed by atoms with van der Waals surface area (Å²) in [5.74, 6) is -0.0147. The van der Waals surface area contributed by atoms with E-state index in [1.54, 1.807) is 12.3 Å². The molecule has 2 heterocycles. The van der Waals surface area contributed by atoms with Crippen LogP contribution in [0.25, 0.3) is 0 Å². The fourth-order valence-electron chi connectivity index (χ4n) is 2.53. The summed E-state index contributed by atoms with van der Waals surface area (Å²) in [4.78, 5) is 16.2. The first-order chi connectivity index (χ1) is 9.75. The van der Waals surface area contributed by atoms with Gasteiger partial charge in [-0.3, -0.25) is 9.78 Å². The smallest absolute Gasteiger partial charge is 0.167 e. The maximum atomic E-state index is 12.4. The molecule has 0 saturated heterocycles. The number of ketones is 1. The van der Waals surface area contributed by atoms with E-state index in [9.17, 15) is 4.79 Å². The Balaban J connectivity index is 1.83. The van der Waals surface area contributed by atoms with Crippen molar-refractivity contribution in [1.29, 1.82) is 0 Å². The zero-order valence-corrected chi connectivity index (χ0v) is 11.6. The van der Waals surface area contributed by atoms with E-state index in [0.717, 1.165) is 12.0 Å². The van der Waals surface area contributed by atoms with Crippen LogP contribution in [0.3, 0.4) is 0 Å². The topological polar surface area (TPSA) is 39.2 Å². The van der Waals surface area contributed by atoms with Gasteiger partial charge in [-0.05, 0) is 23.6 Å². The van der Waals surface area contributed by atoms with Gasteiger partial charge in [-0.2, -0.15) is 0 Å². The summed E-state index contributed by atoms with van der Waals surface area (Å²) in [5.41, 5.74) is 2.88. The summed E-state index contributed by atoms with van der Waals surface area (Å²) in [6.45, 7) is 0.652. The van der Waals surface area contributed by atoms with Crippen LogP contribution in [-0.2, 0) is 11.2 Å². The molecule has 0 saturated carbocycles. The molecule has 1 aromatic carbocycles. The molecule has 0 N–H and O–H groups in total. The van der Waals surface area contributed by atoms with E-state index < -0.39 is 0 Å². The Morgan fingerprint density at radius 1 is 1.35 bits per heavy atom. The van der Waals surface area contributed by atoms with Gasteiger partial charge in [0.05, 0.1) is 17.7 Å². The largest absolute Gasteiger partial charge is 0.373 e. The third-order valence-electron chi connectivity index (χ3n) is 3.54. The van der Waals surface area contributed by atoms with Gasteiger partial charge in [0.1, 0.15) is 0 Å².